The Labute approximate surface area is 134 Å². The molecule has 4 heteroatoms. The van der Waals surface area contributed by atoms with E-state index in [1.165, 1.54) is 22.5 Å². The number of carbonyl (C=O) groups is 1. The average molecular weight is 310 g/mol. The molecule has 3 nitrogen and oxygen atoms in total. The van der Waals surface area contributed by atoms with Crippen LogP contribution in [0.3, 0.4) is 0 Å². The van der Waals surface area contributed by atoms with Crippen molar-refractivity contribution >= 4 is 32.6 Å². The SMILES string of the molecule is Cc1ccc(CC(=O)Nc2nc3c(C)cccc3s2)cc1C. The summed E-state index contributed by atoms with van der Waals surface area (Å²) in [6.45, 7) is 6.17. The number of aromatic nitrogens is 1. The molecule has 1 heterocycles. The highest BCUT2D eigenvalue weighted by atomic mass is 32.1. The normalized spacial score (nSPS) is 10.9. The molecular formula is C18H18N2OS. The monoisotopic (exact) mass is 310 g/mol. The summed E-state index contributed by atoms with van der Waals surface area (Å²) in [5.74, 6) is -0.0278. The van der Waals surface area contributed by atoms with Crippen molar-refractivity contribution in [3.05, 3.63) is 58.7 Å². The topological polar surface area (TPSA) is 42.0 Å². The van der Waals surface area contributed by atoms with E-state index in [9.17, 15) is 4.79 Å². The summed E-state index contributed by atoms with van der Waals surface area (Å²) in [5, 5.41) is 3.57. The number of anilines is 1. The number of thiazole rings is 1. The molecule has 0 saturated heterocycles. The summed E-state index contributed by atoms with van der Waals surface area (Å²) >= 11 is 1.51. The number of para-hydroxylation sites is 1. The van der Waals surface area contributed by atoms with E-state index in [2.05, 4.69) is 36.3 Å². The summed E-state index contributed by atoms with van der Waals surface area (Å²) in [7, 11) is 0. The molecule has 0 aliphatic heterocycles. The van der Waals surface area contributed by atoms with E-state index in [1.807, 2.05) is 31.2 Å². The summed E-state index contributed by atoms with van der Waals surface area (Å²) in [6, 6.07) is 12.2. The van der Waals surface area contributed by atoms with E-state index in [0.29, 0.717) is 11.6 Å². The number of nitrogens with one attached hydrogen (secondary N) is 1. The zero-order chi connectivity index (χ0) is 15.7. The van der Waals surface area contributed by atoms with Gasteiger partial charge in [-0.2, -0.15) is 0 Å². The van der Waals surface area contributed by atoms with Crippen molar-refractivity contribution < 1.29 is 4.79 Å². The van der Waals surface area contributed by atoms with Crippen LogP contribution in [-0.4, -0.2) is 10.9 Å². The van der Waals surface area contributed by atoms with Gasteiger partial charge in [0.05, 0.1) is 16.6 Å². The van der Waals surface area contributed by atoms with Crippen LogP contribution in [0.1, 0.15) is 22.3 Å². The Bertz CT molecular complexity index is 851. The molecule has 1 N–H and O–H groups in total. The number of hydrogen-bond acceptors (Lipinski definition) is 3. The minimum atomic E-state index is -0.0278. The van der Waals surface area contributed by atoms with Gasteiger partial charge < -0.3 is 5.32 Å². The van der Waals surface area contributed by atoms with Crippen LogP contribution in [0.2, 0.25) is 0 Å². The van der Waals surface area contributed by atoms with E-state index >= 15 is 0 Å². The lowest BCUT2D eigenvalue weighted by Gasteiger charge is -2.05. The number of fused-ring (bicyclic) bond motifs is 1. The maximum absolute atomic E-state index is 12.2. The molecule has 22 heavy (non-hydrogen) atoms. The van der Waals surface area contributed by atoms with Gasteiger partial charge in [-0.05, 0) is 49.1 Å². The summed E-state index contributed by atoms with van der Waals surface area (Å²) in [5.41, 5.74) is 5.57. The molecule has 0 atom stereocenters. The number of hydrogen-bond donors (Lipinski definition) is 1. The fourth-order valence-electron chi connectivity index (χ4n) is 2.40. The van der Waals surface area contributed by atoms with Crippen LogP contribution in [0.25, 0.3) is 10.2 Å². The summed E-state index contributed by atoms with van der Waals surface area (Å²) in [6.07, 6.45) is 0.371. The second kappa shape index (κ2) is 5.89. The Balaban J connectivity index is 1.75. The Kier molecular flexibility index (Phi) is 3.94. The molecule has 0 saturated carbocycles. The molecule has 1 aromatic heterocycles. The Morgan fingerprint density at radius 2 is 1.91 bits per heavy atom. The first-order chi connectivity index (χ1) is 10.5. The first kappa shape index (κ1) is 14.7. The van der Waals surface area contributed by atoms with Crippen molar-refractivity contribution in [2.24, 2.45) is 0 Å². The summed E-state index contributed by atoms with van der Waals surface area (Å²) < 4.78 is 1.10. The molecule has 112 valence electrons. The molecule has 0 aliphatic carbocycles. The van der Waals surface area contributed by atoms with Gasteiger partial charge in [-0.1, -0.05) is 41.7 Å². The molecule has 3 rings (SSSR count). The Morgan fingerprint density at radius 1 is 1.09 bits per heavy atom. The first-order valence-corrected chi connectivity index (χ1v) is 8.07. The van der Waals surface area contributed by atoms with E-state index in [0.717, 1.165) is 21.3 Å². The molecule has 0 unspecified atom stereocenters. The Morgan fingerprint density at radius 3 is 2.64 bits per heavy atom. The molecular weight excluding hydrogens is 292 g/mol. The van der Waals surface area contributed by atoms with E-state index < -0.39 is 0 Å². The van der Waals surface area contributed by atoms with Crippen LogP contribution < -0.4 is 5.32 Å². The van der Waals surface area contributed by atoms with Crippen molar-refractivity contribution in [3.8, 4) is 0 Å². The molecule has 0 bridgehead atoms. The highest BCUT2D eigenvalue weighted by Crippen LogP contribution is 2.27. The van der Waals surface area contributed by atoms with Crippen LogP contribution in [0, 0.1) is 20.8 Å². The van der Waals surface area contributed by atoms with Crippen molar-refractivity contribution in [1.29, 1.82) is 0 Å². The third-order valence-corrected chi connectivity index (χ3v) is 4.74. The van der Waals surface area contributed by atoms with Crippen LogP contribution >= 0.6 is 11.3 Å². The lowest BCUT2D eigenvalue weighted by molar-refractivity contribution is -0.115. The third kappa shape index (κ3) is 3.02. The van der Waals surface area contributed by atoms with Gasteiger partial charge in [-0.25, -0.2) is 4.98 Å². The van der Waals surface area contributed by atoms with Gasteiger partial charge in [-0.15, -0.1) is 0 Å². The van der Waals surface area contributed by atoms with Crippen LogP contribution in [0.15, 0.2) is 36.4 Å². The van der Waals surface area contributed by atoms with Crippen molar-refractivity contribution in [2.45, 2.75) is 27.2 Å². The van der Waals surface area contributed by atoms with Crippen molar-refractivity contribution in [1.82, 2.24) is 4.98 Å². The quantitative estimate of drug-likeness (QED) is 0.779. The first-order valence-electron chi connectivity index (χ1n) is 7.25. The molecule has 0 spiro atoms. The summed E-state index contributed by atoms with van der Waals surface area (Å²) in [4.78, 5) is 16.7. The maximum Gasteiger partial charge on any atom is 0.230 e. The second-order valence-corrected chi connectivity index (χ2v) is 6.61. The fourth-order valence-corrected chi connectivity index (χ4v) is 3.36. The predicted molar refractivity (Wildman–Crippen MR) is 92.6 cm³/mol. The zero-order valence-corrected chi connectivity index (χ0v) is 13.8. The standard InChI is InChI=1S/C18H18N2OS/c1-11-7-8-14(9-13(11)3)10-16(21)19-18-20-17-12(2)5-4-6-15(17)22-18/h4-9H,10H2,1-3H3,(H,19,20,21). The number of amides is 1. The van der Waals surface area contributed by atoms with Crippen LogP contribution in [0.5, 0.6) is 0 Å². The van der Waals surface area contributed by atoms with Gasteiger partial charge >= 0.3 is 0 Å². The third-order valence-electron chi connectivity index (χ3n) is 3.80. The molecule has 0 aliphatic rings. The highest BCUT2D eigenvalue weighted by molar-refractivity contribution is 7.22. The van der Waals surface area contributed by atoms with E-state index in [1.54, 1.807) is 0 Å². The maximum atomic E-state index is 12.2. The molecule has 2 aromatic carbocycles. The largest absolute Gasteiger partial charge is 0.302 e. The number of benzene rings is 2. The van der Waals surface area contributed by atoms with Crippen LogP contribution in [0.4, 0.5) is 5.13 Å². The molecule has 0 radical (unpaired) electrons. The van der Waals surface area contributed by atoms with Gasteiger partial charge in [0, 0.05) is 0 Å². The highest BCUT2D eigenvalue weighted by Gasteiger charge is 2.10. The van der Waals surface area contributed by atoms with Gasteiger partial charge in [0.25, 0.3) is 0 Å². The minimum absolute atomic E-state index is 0.0278. The van der Waals surface area contributed by atoms with Gasteiger partial charge in [0.1, 0.15) is 0 Å². The number of rotatable bonds is 3. The minimum Gasteiger partial charge on any atom is -0.302 e. The smallest absolute Gasteiger partial charge is 0.230 e. The van der Waals surface area contributed by atoms with Gasteiger partial charge in [-0.3, -0.25) is 4.79 Å². The molecule has 1 amide bonds. The van der Waals surface area contributed by atoms with Crippen molar-refractivity contribution in [2.75, 3.05) is 5.32 Å². The number of carbonyl (C=O) groups excluding carboxylic acids is 1. The molecule has 3 aromatic rings. The van der Waals surface area contributed by atoms with Gasteiger partial charge in [0.2, 0.25) is 5.91 Å². The Hall–Kier alpha value is -2.20. The lowest BCUT2D eigenvalue weighted by atomic mass is 10.0. The van der Waals surface area contributed by atoms with E-state index in [4.69, 9.17) is 0 Å². The average Bonchev–Trinajstić information content (AvgIpc) is 2.87. The number of nitrogens with zero attached hydrogens (tertiary/aromatic N) is 1. The number of aryl methyl sites for hydroxylation is 3. The fraction of sp³-hybridized carbons (Fsp3) is 0.222. The van der Waals surface area contributed by atoms with Crippen molar-refractivity contribution in [3.63, 3.8) is 0 Å². The second-order valence-electron chi connectivity index (χ2n) is 5.58. The van der Waals surface area contributed by atoms with Gasteiger partial charge in [0.15, 0.2) is 5.13 Å². The lowest BCUT2D eigenvalue weighted by Crippen LogP contribution is -2.14. The predicted octanol–water partition coefficient (Wildman–Crippen LogP) is 4.40. The van der Waals surface area contributed by atoms with E-state index in [-0.39, 0.29) is 5.91 Å². The molecule has 0 fully saturated rings. The zero-order valence-electron chi connectivity index (χ0n) is 12.9. The van der Waals surface area contributed by atoms with Crippen LogP contribution in [-0.2, 0) is 11.2 Å².